The van der Waals surface area contributed by atoms with E-state index in [2.05, 4.69) is 13.8 Å². The largest absolute Gasteiger partial charge is 0.466 e. The Morgan fingerprint density at radius 2 is 0.737 bits per heavy atom. The predicted octanol–water partition coefficient (Wildman–Crippen LogP) is 4.78. The zero-order valence-corrected chi connectivity index (χ0v) is 13.6. The van der Waals surface area contributed by atoms with Gasteiger partial charge < -0.3 is 14.7 Å². The van der Waals surface area contributed by atoms with Crippen molar-refractivity contribution in [3.05, 3.63) is 0 Å². The summed E-state index contributed by atoms with van der Waals surface area (Å²) in [6, 6.07) is 0. The maximum atomic E-state index is 8.88. The molecule has 3 N–H and O–H groups in total. The molecule has 4 nitrogen and oxygen atoms in total. The molecular formula is C14H33O4P. The number of unbranched alkanes of at least 4 members (excludes halogenated alkanes) is 11. The first-order chi connectivity index (χ1) is 8.91. The van der Waals surface area contributed by atoms with Gasteiger partial charge in [-0.05, 0) is 0 Å². The molecule has 0 bridgehead atoms. The Bertz CT molecular complexity index is 183. The lowest BCUT2D eigenvalue weighted by atomic mass is 10.1. The Balaban J connectivity index is 0. The molecule has 0 fully saturated rings. The van der Waals surface area contributed by atoms with Gasteiger partial charge in [-0.15, -0.1) is 0 Å². The maximum absolute atomic E-state index is 8.88. The number of hydrogen-bond acceptors (Lipinski definition) is 1. The van der Waals surface area contributed by atoms with Crippen molar-refractivity contribution < 1.29 is 19.2 Å². The molecule has 5 heteroatoms. The lowest BCUT2D eigenvalue weighted by Crippen LogP contribution is -1.81. The zero-order chi connectivity index (χ0) is 15.0. The van der Waals surface area contributed by atoms with Crippen LogP contribution in [-0.2, 0) is 4.57 Å². The highest BCUT2D eigenvalue weighted by atomic mass is 31.2. The lowest BCUT2D eigenvalue weighted by molar-refractivity contribution is 0.275. The Hall–Kier alpha value is 0.110. The van der Waals surface area contributed by atoms with Gasteiger partial charge in [0.15, 0.2) is 0 Å². The van der Waals surface area contributed by atoms with Gasteiger partial charge in [-0.3, -0.25) is 0 Å². The molecule has 0 radical (unpaired) electrons. The number of phosphoric acid groups is 1. The van der Waals surface area contributed by atoms with Gasteiger partial charge in [-0.1, -0.05) is 90.9 Å². The number of rotatable bonds is 11. The van der Waals surface area contributed by atoms with E-state index in [9.17, 15) is 0 Å². The molecule has 0 aromatic carbocycles. The molecule has 0 aromatic rings. The molecule has 0 aliphatic heterocycles. The first kappa shape index (κ1) is 21.4. The molecule has 0 atom stereocenters. The van der Waals surface area contributed by atoms with Crippen molar-refractivity contribution in [3.63, 3.8) is 0 Å². The molecule has 0 unspecified atom stereocenters. The summed E-state index contributed by atoms with van der Waals surface area (Å²) in [5, 5.41) is 0. The van der Waals surface area contributed by atoms with Crippen LogP contribution >= 0.6 is 7.82 Å². The normalized spacial score (nSPS) is 11.0. The molecule has 0 rings (SSSR count). The van der Waals surface area contributed by atoms with Gasteiger partial charge in [0.1, 0.15) is 0 Å². The van der Waals surface area contributed by atoms with Crippen LogP contribution in [-0.4, -0.2) is 14.7 Å². The second-order valence-corrected chi connectivity index (χ2v) is 6.08. The third-order valence-electron chi connectivity index (χ3n) is 2.96. The van der Waals surface area contributed by atoms with Crippen LogP contribution < -0.4 is 0 Å². The zero-order valence-electron chi connectivity index (χ0n) is 12.7. The minimum Gasteiger partial charge on any atom is -0.303 e. The smallest absolute Gasteiger partial charge is 0.303 e. The summed E-state index contributed by atoms with van der Waals surface area (Å²) in [4.78, 5) is 21.6. The Kier molecular flexibility index (Phi) is 18.2. The molecule has 0 saturated heterocycles. The fraction of sp³-hybridized carbons (Fsp3) is 1.00. The maximum Gasteiger partial charge on any atom is 0.466 e. The van der Waals surface area contributed by atoms with Gasteiger partial charge >= 0.3 is 7.82 Å². The highest BCUT2D eigenvalue weighted by molar-refractivity contribution is 7.45. The second-order valence-electron chi connectivity index (χ2n) is 5.05. The Morgan fingerprint density at radius 3 is 0.895 bits per heavy atom. The summed E-state index contributed by atoms with van der Waals surface area (Å²) in [5.74, 6) is 0. The Morgan fingerprint density at radius 1 is 0.579 bits per heavy atom. The quantitative estimate of drug-likeness (QED) is 0.379. The molecule has 0 amide bonds. The van der Waals surface area contributed by atoms with Crippen LogP contribution in [0.15, 0.2) is 0 Å². The van der Waals surface area contributed by atoms with Gasteiger partial charge in [0.05, 0.1) is 0 Å². The molecule has 0 aliphatic carbocycles. The predicted molar refractivity (Wildman–Crippen MR) is 81.0 cm³/mol. The number of hydrogen-bond donors (Lipinski definition) is 3. The standard InChI is InChI=1S/C14H30.H3O4P/c1-3-5-7-9-11-13-14-12-10-8-6-4-2;1-5(2,3)4/h3-14H2,1-2H3;(H3,1,2,3,4). The van der Waals surface area contributed by atoms with Crippen molar-refractivity contribution in [2.75, 3.05) is 0 Å². The van der Waals surface area contributed by atoms with Gasteiger partial charge in [-0.25, -0.2) is 4.57 Å². The van der Waals surface area contributed by atoms with Crippen LogP contribution in [0, 0.1) is 0 Å². The molecular weight excluding hydrogens is 263 g/mol. The molecule has 0 spiro atoms. The second kappa shape index (κ2) is 16.2. The van der Waals surface area contributed by atoms with E-state index in [1.54, 1.807) is 0 Å². The summed E-state index contributed by atoms with van der Waals surface area (Å²) in [5.41, 5.74) is 0. The van der Waals surface area contributed by atoms with Crippen molar-refractivity contribution in [2.45, 2.75) is 90.9 Å². The van der Waals surface area contributed by atoms with Crippen LogP contribution in [0.3, 0.4) is 0 Å². The topological polar surface area (TPSA) is 77.8 Å². The van der Waals surface area contributed by atoms with Gasteiger partial charge in [0.2, 0.25) is 0 Å². The summed E-state index contributed by atoms with van der Waals surface area (Å²) in [7, 11) is -4.64. The van der Waals surface area contributed by atoms with Crippen molar-refractivity contribution in [2.24, 2.45) is 0 Å². The van der Waals surface area contributed by atoms with E-state index in [1.165, 1.54) is 77.0 Å². The van der Waals surface area contributed by atoms with Crippen molar-refractivity contribution in [3.8, 4) is 0 Å². The fourth-order valence-electron chi connectivity index (χ4n) is 1.91. The lowest BCUT2D eigenvalue weighted by Gasteiger charge is -2.01. The summed E-state index contributed by atoms with van der Waals surface area (Å²) in [6.07, 6.45) is 17.4. The first-order valence-electron chi connectivity index (χ1n) is 7.70. The molecule has 0 saturated carbocycles. The molecule has 0 heterocycles. The Labute approximate surface area is 118 Å². The van der Waals surface area contributed by atoms with Gasteiger partial charge in [0.25, 0.3) is 0 Å². The van der Waals surface area contributed by atoms with E-state index in [0.717, 1.165) is 0 Å². The third kappa shape index (κ3) is 38.1. The van der Waals surface area contributed by atoms with E-state index >= 15 is 0 Å². The fourth-order valence-corrected chi connectivity index (χ4v) is 1.91. The minimum atomic E-state index is -4.64. The van der Waals surface area contributed by atoms with E-state index in [4.69, 9.17) is 19.2 Å². The minimum absolute atomic E-state index is 1.37. The van der Waals surface area contributed by atoms with Crippen LogP contribution in [0.4, 0.5) is 0 Å². The molecule has 19 heavy (non-hydrogen) atoms. The molecule has 0 aromatic heterocycles. The molecule has 0 aliphatic rings. The third-order valence-corrected chi connectivity index (χ3v) is 2.96. The monoisotopic (exact) mass is 296 g/mol. The summed E-state index contributed by atoms with van der Waals surface area (Å²) in [6.45, 7) is 4.57. The van der Waals surface area contributed by atoms with E-state index < -0.39 is 7.82 Å². The van der Waals surface area contributed by atoms with Crippen LogP contribution in [0.2, 0.25) is 0 Å². The molecule has 118 valence electrons. The average molecular weight is 296 g/mol. The summed E-state index contributed by atoms with van der Waals surface area (Å²) >= 11 is 0. The van der Waals surface area contributed by atoms with Crippen molar-refractivity contribution >= 4 is 7.82 Å². The van der Waals surface area contributed by atoms with Gasteiger partial charge in [-0.2, -0.15) is 0 Å². The summed E-state index contributed by atoms with van der Waals surface area (Å²) < 4.78 is 8.88. The first-order valence-corrected chi connectivity index (χ1v) is 9.26. The van der Waals surface area contributed by atoms with E-state index in [-0.39, 0.29) is 0 Å². The van der Waals surface area contributed by atoms with Crippen molar-refractivity contribution in [1.82, 2.24) is 0 Å². The van der Waals surface area contributed by atoms with E-state index in [0.29, 0.717) is 0 Å². The van der Waals surface area contributed by atoms with Gasteiger partial charge in [0, 0.05) is 0 Å². The SMILES string of the molecule is CCCCCCCCCCCCCC.O=P(O)(O)O. The highest BCUT2D eigenvalue weighted by Gasteiger charge is 2.00. The van der Waals surface area contributed by atoms with Crippen LogP contribution in [0.25, 0.3) is 0 Å². The van der Waals surface area contributed by atoms with Crippen LogP contribution in [0.1, 0.15) is 90.9 Å². The van der Waals surface area contributed by atoms with Crippen LogP contribution in [0.5, 0.6) is 0 Å². The average Bonchev–Trinajstić information content (AvgIpc) is 2.29. The highest BCUT2D eigenvalue weighted by Crippen LogP contribution is 2.25. The van der Waals surface area contributed by atoms with E-state index in [1.807, 2.05) is 0 Å². The van der Waals surface area contributed by atoms with Crippen molar-refractivity contribution in [1.29, 1.82) is 0 Å².